The number of para-hydroxylation sites is 1. The average Bonchev–Trinajstić information content (AvgIpc) is 2.88. The monoisotopic (exact) mass is 278 g/mol. The molecular formula is C17H18N4. The molecule has 0 atom stereocenters. The molecule has 1 heterocycles. The second-order valence-electron chi connectivity index (χ2n) is 5.05. The molecule has 4 nitrogen and oxygen atoms in total. The highest BCUT2D eigenvalue weighted by molar-refractivity contribution is 5.44. The first-order valence-corrected chi connectivity index (χ1v) is 7.01. The Labute approximate surface area is 124 Å². The highest BCUT2D eigenvalue weighted by Crippen LogP contribution is 2.14. The predicted octanol–water partition coefficient (Wildman–Crippen LogP) is 3.50. The van der Waals surface area contributed by atoms with E-state index in [0.717, 1.165) is 23.0 Å². The third-order valence-electron chi connectivity index (χ3n) is 3.41. The standard InChI is InChI=1S/C17H18N4/c1-13-8-10-15(11-9-13)18-12-17-20-19-14(2)21(17)16-6-4-3-5-7-16/h3-11,18H,12H2,1-2H3. The van der Waals surface area contributed by atoms with Crippen LogP contribution in [-0.2, 0) is 6.54 Å². The van der Waals surface area contributed by atoms with Gasteiger partial charge in [-0.05, 0) is 38.1 Å². The van der Waals surface area contributed by atoms with Gasteiger partial charge in [-0.1, -0.05) is 35.9 Å². The third kappa shape index (κ3) is 2.94. The summed E-state index contributed by atoms with van der Waals surface area (Å²) in [5.74, 6) is 1.79. The van der Waals surface area contributed by atoms with Gasteiger partial charge in [0.1, 0.15) is 5.82 Å². The maximum absolute atomic E-state index is 4.28. The maximum atomic E-state index is 4.28. The molecule has 0 saturated heterocycles. The summed E-state index contributed by atoms with van der Waals surface area (Å²) >= 11 is 0. The molecule has 0 aliphatic carbocycles. The van der Waals surface area contributed by atoms with Gasteiger partial charge in [0.25, 0.3) is 0 Å². The van der Waals surface area contributed by atoms with E-state index in [-0.39, 0.29) is 0 Å². The third-order valence-corrected chi connectivity index (χ3v) is 3.41. The van der Waals surface area contributed by atoms with Crippen LogP contribution in [0.3, 0.4) is 0 Å². The molecule has 0 bridgehead atoms. The van der Waals surface area contributed by atoms with Gasteiger partial charge in [0.2, 0.25) is 0 Å². The molecular weight excluding hydrogens is 260 g/mol. The van der Waals surface area contributed by atoms with E-state index in [9.17, 15) is 0 Å². The number of rotatable bonds is 4. The first kappa shape index (κ1) is 13.4. The van der Waals surface area contributed by atoms with Crippen LogP contribution < -0.4 is 5.32 Å². The van der Waals surface area contributed by atoms with Crippen LogP contribution in [0, 0.1) is 13.8 Å². The molecule has 3 aromatic rings. The summed E-state index contributed by atoms with van der Waals surface area (Å²) in [6.07, 6.45) is 0. The van der Waals surface area contributed by atoms with Crippen molar-refractivity contribution in [3.8, 4) is 5.69 Å². The van der Waals surface area contributed by atoms with Crippen molar-refractivity contribution >= 4 is 5.69 Å². The van der Waals surface area contributed by atoms with E-state index in [2.05, 4.69) is 63.4 Å². The molecule has 0 saturated carbocycles. The van der Waals surface area contributed by atoms with Crippen LogP contribution in [0.15, 0.2) is 54.6 Å². The summed E-state index contributed by atoms with van der Waals surface area (Å²) in [7, 11) is 0. The summed E-state index contributed by atoms with van der Waals surface area (Å²) < 4.78 is 2.07. The summed E-state index contributed by atoms with van der Waals surface area (Å²) in [5, 5.41) is 11.9. The van der Waals surface area contributed by atoms with E-state index in [1.54, 1.807) is 0 Å². The molecule has 0 spiro atoms. The van der Waals surface area contributed by atoms with Crippen LogP contribution in [0.25, 0.3) is 5.69 Å². The van der Waals surface area contributed by atoms with Gasteiger partial charge >= 0.3 is 0 Å². The van der Waals surface area contributed by atoms with Crippen molar-refractivity contribution in [2.75, 3.05) is 5.32 Å². The molecule has 2 aromatic carbocycles. The number of aryl methyl sites for hydroxylation is 2. The number of hydrogen-bond donors (Lipinski definition) is 1. The smallest absolute Gasteiger partial charge is 0.156 e. The Hall–Kier alpha value is -2.62. The van der Waals surface area contributed by atoms with Crippen molar-refractivity contribution in [3.05, 3.63) is 71.8 Å². The van der Waals surface area contributed by atoms with Crippen LogP contribution in [0.5, 0.6) is 0 Å². The Morgan fingerprint density at radius 3 is 2.33 bits per heavy atom. The van der Waals surface area contributed by atoms with Gasteiger partial charge < -0.3 is 5.32 Å². The largest absolute Gasteiger partial charge is 0.378 e. The molecule has 0 aliphatic rings. The van der Waals surface area contributed by atoms with Crippen molar-refractivity contribution in [1.82, 2.24) is 14.8 Å². The van der Waals surface area contributed by atoms with Crippen LogP contribution in [0.2, 0.25) is 0 Å². The summed E-state index contributed by atoms with van der Waals surface area (Å²) in [6, 6.07) is 18.5. The molecule has 0 fully saturated rings. The number of hydrogen-bond acceptors (Lipinski definition) is 3. The zero-order chi connectivity index (χ0) is 14.7. The van der Waals surface area contributed by atoms with E-state index in [1.807, 2.05) is 25.1 Å². The Balaban J connectivity index is 1.82. The number of aromatic nitrogens is 3. The lowest BCUT2D eigenvalue weighted by Gasteiger charge is -2.10. The van der Waals surface area contributed by atoms with Crippen molar-refractivity contribution in [1.29, 1.82) is 0 Å². The summed E-state index contributed by atoms with van der Waals surface area (Å²) in [5.41, 5.74) is 3.42. The minimum Gasteiger partial charge on any atom is -0.378 e. The normalized spacial score (nSPS) is 10.6. The Morgan fingerprint density at radius 2 is 1.62 bits per heavy atom. The lowest BCUT2D eigenvalue weighted by Crippen LogP contribution is -2.08. The quantitative estimate of drug-likeness (QED) is 0.794. The number of anilines is 1. The Morgan fingerprint density at radius 1 is 0.905 bits per heavy atom. The second-order valence-corrected chi connectivity index (χ2v) is 5.05. The van der Waals surface area contributed by atoms with E-state index in [1.165, 1.54) is 5.56 Å². The molecule has 21 heavy (non-hydrogen) atoms. The summed E-state index contributed by atoms with van der Waals surface area (Å²) in [6.45, 7) is 4.69. The van der Waals surface area contributed by atoms with E-state index in [4.69, 9.17) is 0 Å². The van der Waals surface area contributed by atoms with Gasteiger partial charge in [-0.25, -0.2) is 0 Å². The molecule has 1 aromatic heterocycles. The molecule has 0 amide bonds. The number of nitrogens with one attached hydrogen (secondary N) is 1. The fourth-order valence-electron chi connectivity index (χ4n) is 2.29. The second kappa shape index (κ2) is 5.79. The van der Waals surface area contributed by atoms with Gasteiger partial charge in [0.15, 0.2) is 5.82 Å². The highest BCUT2D eigenvalue weighted by atomic mass is 15.3. The Kier molecular flexibility index (Phi) is 3.69. The fraction of sp³-hybridized carbons (Fsp3) is 0.176. The van der Waals surface area contributed by atoms with Crippen molar-refractivity contribution in [2.45, 2.75) is 20.4 Å². The first-order valence-electron chi connectivity index (χ1n) is 7.01. The molecule has 3 rings (SSSR count). The topological polar surface area (TPSA) is 42.7 Å². The van der Waals surface area contributed by atoms with Crippen molar-refractivity contribution < 1.29 is 0 Å². The van der Waals surface area contributed by atoms with Gasteiger partial charge in [-0.2, -0.15) is 0 Å². The predicted molar refractivity (Wildman–Crippen MR) is 84.6 cm³/mol. The SMILES string of the molecule is Cc1ccc(NCc2nnc(C)n2-c2ccccc2)cc1. The molecule has 106 valence electrons. The zero-order valence-electron chi connectivity index (χ0n) is 12.2. The molecule has 1 N–H and O–H groups in total. The average molecular weight is 278 g/mol. The van der Waals surface area contributed by atoms with Crippen LogP contribution in [0.1, 0.15) is 17.2 Å². The van der Waals surface area contributed by atoms with Crippen molar-refractivity contribution in [3.63, 3.8) is 0 Å². The fourth-order valence-corrected chi connectivity index (χ4v) is 2.29. The molecule has 4 heteroatoms. The van der Waals surface area contributed by atoms with E-state index < -0.39 is 0 Å². The van der Waals surface area contributed by atoms with Crippen LogP contribution >= 0.6 is 0 Å². The minimum atomic E-state index is 0.638. The Bertz CT molecular complexity index is 714. The molecule has 0 radical (unpaired) electrons. The maximum Gasteiger partial charge on any atom is 0.156 e. The molecule has 0 unspecified atom stereocenters. The van der Waals surface area contributed by atoms with Gasteiger partial charge in [0.05, 0.1) is 6.54 Å². The molecule has 0 aliphatic heterocycles. The minimum absolute atomic E-state index is 0.638. The van der Waals surface area contributed by atoms with Gasteiger partial charge in [-0.3, -0.25) is 4.57 Å². The number of benzene rings is 2. The van der Waals surface area contributed by atoms with Gasteiger partial charge in [0, 0.05) is 11.4 Å². The van der Waals surface area contributed by atoms with Gasteiger partial charge in [-0.15, -0.1) is 10.2 Å². The van der Waals surface area contributed by atoms with Crippen LogP contribution in [0.4, 0.5) is 5.69 Å². The van der Waals surface area contributed by atoms with Crippen molar-refractivity contribution in [2.24, 2.45) is 0 Å². The lowest BCUT2D eigenvalue weighted by atomic mass is 10.2. The van der Waals surface area contributed by atoms with Crippen LogP contribution in [-0.4, -0.2) is 14.8 Å². The highest BCUT2D eigenvalue weighted by Gasteiger charge is 2.10. The first-order chi connectivity index (χ1) is 10.2. The lowest BCUT2D eigenvalue weighted by molar-refractivity contribution is 0.878. The summed E-state index contributed by atoms with van der Waals surface area (Å²) in [4.78, 5) is 0. The van der Waals surface area contributed by atoms with E-state index in [0.29, 0.717) is 6.54 Å². The number of nitrogens with zero attached hydrogens (tertiary/aromatic N) is 3. The van der Waals surface area contributed by atoms with E-state index >= 15 is 0 Å². The zero-order valence-corrected chi connectivity index (χ0v) is 12.2.